The number of hydrogen-bond acceptors (Lipinski definition) is 7. The molecule has 27 heavy (non-hydrogen) atoms. The normalized spacial score (nSPS) is 20.0. The molecule has 1 fully saturated rings. The van der Waals surface area contributed by atoms with Gasteiger partial charge in [0.2, 0.25) is 15.9 Å². The van der Waals surface area contributed by atoms with Crippen LogP contribution < -0.4 is 10.0 Å². The van der Waals surface area contributed by atoms with Gasteiger partial charge in [0.15, 0.2) is 5.76 Å². The van der Waals surface area contributed by atoms with E-state index in [0.29, 0.717) is 19.1 Å². The number of carbonyl (C=O) groups excluding carboxylic acids is 1. The van der Waals surface area contributed by atoms with Gasteiger partial charge in [-0.1, -0.05) is 19.0 Å². The van der Waals surface area contributed by atoms with Gasteiger partial charge in [-0.05, 0) is 26.7 Å². The quantitative estimate of drug-likeness (QED) is 0.648. The van der Waals surface area contributed by atoms with E-state index in [4.69, 9.17) is 9.26 Å². The number of morpholine rings is 1. The third kappa shape index (κ3) is 6.00. The maximum absolute atomic E-state index is 12.5. The van der Waals surface area contributed by atoms with Gasteiger partial charge in [-0.2, -0.15) is 4.72 Å². The van der Waals surface area contributed by atoms with Gasteiger partial charge in [0.1, 0.15) is 10.6 Å². The highest BCUT2D eigenvalue weighted by Gasteiger charge is 2.29. The highest BCUT2D eigenvalue weighted by atomic mass is 32.2. The zero-order chi connectivity index (χ0) is 20.2. The number of nitrogens with zero attached hydrogens (tertiary/aromatic N) is 2. The standard InChI is InChI=1S/C17H30N4O5S/c1-11(2)9-21-6-7-25-15(10-21)8-18-17(22)13(4)20-27(23,24)16-12(3)19-26-14(16)5/h11,13,15,20H,6-10H2,1-5H3,(H,18,22)/t13-,15?/m0/s1. The van der Waals surface area contributed by atoms with Crippen molar-refractivity contribution in [2.24, 2.45) is 5.92 Å². The summed E-state index contributed by atoms with van der Waals surface area (Å²) in [6.07, 6.45) is -0.104. The molecule has 0 radical (unpaired) electrons. The summed E-state index contributed by atoms with van der Waals surface area (Å²) < 4.78 is 37.9. The molecule has 2 N–H and O–H groups in total. The smallest absolute Gasteiger partial charge is 0.246 e. The average Bonchev–Trinajstić information content (AvgIpc) is 2.91. The number of ether oxygens (including phenoxy) is 1. The molecule has 1 unspecified atom stereocenters. The summed E-state index contributed by atoms with van der Waals surface area (Å²) in [6, 6.07) is -0.931. The Morgan fingerprint density at radius 3 is 2.63 bits per heavy atom. The molecule has 0 spiro atoms. The second-order valence-electron chi connectivity index (χ2n) is 7.39. The van der Waals surface area contributed by atoms with Crippen LogP contribution in [0.2, 0.25) is 0 Å². The van der Waals surface area contributed by atoms with Crippen molar-refractivity contribution in [1.82, 2.24) is 20.1 Å². The second kappa shape index (κ2) is 9.13. The van der Waals surface area contributed by atoms with E-state index in [1.807, 2.05) is 0 Å². The van der Waals surface area contributed by atoms with Crippen LogP contribution in [0.5, 0.6) is 0 Å². The predicted octanol–water partition coefficient (Wildman–Crippen LogP) is 0.431. The largest absolute Gasteiger partial charge is 0.374 e. The molecule has 0 saturated carbocycles. The van der Waals surface area contributed by atoms with E-state index in [-0.39, 0.29) is 22.5 Å². The highest BCUT2D eigenvalue weighted by molar-refractivity contribution is 7.89. The minimum absolute atomic E-state index is 0.0258. The second-order valence-corrected chi connectivity index (χ2v) is 9.04. The molecular formula is C17H30N4O5S. The summed E-state index contributed by atoms with van der Waals surface area (Å²) in [6.45, 7) is 12.5. The first kappa shape index (κ1) is 21.8. The van der Waals surface area contributed by atoms with E-state index >= 15 is 0 Å². The molecule has 154 valence electrons. The van der Waals surface area contributed by atoms with Crippen molar-refractivity contribution in [3.63, 3.8) is 0 Å². The lowest BCUT2D eigenvalue weighted by Crippen LogP contribution is -2.51. The van der Waals surface area contributed by atoms with Crippen molar-refractivity contribution in [3.05, 3.63) is 11.5 Å². The van der Waals surface area contributed by atoms with Gasteiger partial charge >= 0.3 is 0 Å². The number of sulfonamides is 1. The Hall–Kier alpha value is -1.49. The molecule has 2 rings (SSSR count). The fraction of sp³-hybridized carbons (Fsp3) is 0.765. The Balaban J connectivity index is 1.87. The van der Waals surface area contributed by atoms with Crippen LogP contribution in [0.1, 0.15) is 32.2 Å². The Labute approximate surface area is 160 Å². The number of rotatable bonds is 8. The van der Waals surface area contributed by atoms with E-state index < -0.39 is 22.0 Å². The van der Waals surface area contributed by atoms with Crippen molar-refractivity contribution < 1.29 is 22.5 Å². The number of nitrogens with one attached hydrogen (secondary N) is 2. The number of amides is 1. The van der Waals surface area contributed by atoms with Gasteiger partial charge in [0, 0.05) is 26.2 Å². The maximum atomic E-state index is 12.5. The fourth-order valence-electron chi connectivity index (χ4n) is 3.16. The van der Waals surface area contributed by atoms with Crippen molar-refractivity contribution in [2.45, 2.75) is 51.7 Å². The summed E-state index contributed by atoms with van der Waals surface area (Å²) in [5.74, 6) is 0.348. The van der Waals surface area contributed by atoms with Gasteiger partial charge < -0.3 is 14.6 Å². The Bertz CT molecular complexity index is 727. The van der Waals surface area contributed by atoms with Crippen LogP contribution >= 0.6 is 0 Å². The van der Waals surface area contributed by atoms with E-state index in [2.05, 4.69) is 33.9 Å². The molecular weight excluding hydrogens is 372 g/mol. The van der Waals surface area contributed by atoms with Crippen LogP contribution in [0.3, 0.4) is 0 Å². The zero-order valence-corrected chi connectivity index (χ0v) is 17.4. The molecule has 2 atom stereocenters. The van der Waals surface area contributed by atoms with Crippen LogP contribution in [-0.2, 0) is 19.6 Å². The lowest BCUT2D eigenvalue weighted by Gasteiger charge is -2.34. The maximum Gasteiger partial charge on any atom is 0.246 e. The summed E-state index contributed by atoms with van der Waals surface area (Å²) in [4.78, 5) is 14.6. The summed E-state index contributed by atoms with van der Waals surface area (Å²) in [5.41, 5.74) is 0.258. The molecule has 0 aromatic carbocycles. The highest BCUT2D eigenvalue weighted by Crippen LogP contribution is 2.18. The Morgan fingerprint density at radius 2 is 2.04 bits per heavy atom. The van der Waals surface area contributed by atoms with Gasteiger partial charge in [0.05, 0.1) is 18.8 Å². The topological polar surface area (TPSA) is 114 Å². The minimum Gasteiger partial charge on any atom is -0.374 e. The van der Waals surface area contributed by atoms with Gasteiger partial charge in [-0.25, -0.2) is 8.42 Å². The number of aromatic nitrogens is 1. The minimum atomic E-state index is -3.89. The molecule has 1 aromatic heterocycles. The molecule has 1 saturated heterocycles. The van der Waals surface area contributed by atoms with Crippen molar-refractivity contribution in [1.29, 1.82) is 0 Å². The lowest BCUT2D eigenvalue weighted by molar-refractivity contribution is -0.123. The molecule has 2 heterocycles. The SMILES string of the molecule is Cc1noc(C)c1S(=O)(=O)N[C@@H](C)C(=O)NCC1CN(CC(C)C)CCO1. The van der Waals surface area contributed by atoms with Crippen LogP contribution in [0.15, 0.2) is 9.42 Å². The average molecular weight is 403 g/mol. The first-order valence-corrected chi connectivity index (χ1v) is 10.6. The molecule has 1 aliphatic rings. The number of hydrogen-bond donors (Lipinski definition) is 2. The molecule has 9 nitrogen and oxygen atoms in total. The Morgan fingerprint density at radius 1 is 1.33 bits per heavy atom. The van der Waals surface area contributed by atoms with Gasteiger partial charge in [-0.3, -0.25) is 9.69 Å². The van der Waals surface area contributed by atoms with Crippen LogP contribution in [0.25, 0.3) is 0 Å². The van der Waals surface area contributed by atoms with Gasteiger partial charge in [0.25, 0.3) is 0 Å². The summed E-state index contributed by atoms with van der Waals surface area (Å²) in [7, 11) is -3.89. The predicted molar refractivity (Wildman–Crippen MR) is 99.8 cm³/mol. The van der Waals surface area contributed by atoms with Crippen LogP contribution in [-0.4, -0.2) is 69.3 Å². The van der Waals surface area contributed by atoms with Crippen molar-refractivity contribution >= 4 is 15.9 Å². The summed E-state index contributed by atoms with van der Waals surface area (Å²) >= 11 is 0. The zero-order valence-electron chi connectivity index (χ0n) is 16.6. The summed E-state index contributed by atoms with van der Waals surface area (Å²) in [5, 5.41) is 6.41. The molecule has 0 bridgehead atoms. The molecule has 1 amide bonds. The molecule has 0 aliphatic carbocycles. The third-order valence-corrected chi connectivity index (χ3v) is 6.10. The van der Waals surface area contributed by atoms with Crippen LogP contribution in [0.4, 0.5) is 0 Å². The monoisotopic (exact) mass is 402 g/mol. The molecule has 1 aliphatic heterocycles. The van der Waals surface area contributed by atoms with E-state index in [9.17, 15) is 13.2 Å². The van der Waals surface area contributed by atoms with E-state index in [1.54, 1.807) is 6.92 Å². The van der Waals surface area contributed by atoms with Gasteiger partial charge in [-0.15, -0.1) is 0 Å². The van der Waals surface area contributed by atoms with Crippen LogP contribution in [0, 0.1) is 19.8 Å². The lowest BCUT2D eigenvalue weighted by atomic mass is 10.2. The molecule has 10 heteroatoms. The van der Waals surface area contributed by atoms with Crippen molar-refractivity contribution in [3.8, 4) is 0 Å². The number of carbonyl (C=O) groups is 1. The third-order valence-electron chi connectivity index (χ3n) is 4.31. The Kier molecular flexibility index (Phi) is 7.38. The van der Waals surface area contributed by atoms with Crippen molar-refractivity contribution in [2.75, 3.05) is 32.8 Å². The first-order chi connectivity index (χ1) is 12.6. The first-order valence-electron chi connectivity index (χ1n) is 9.17. The fourth-order valence-corrected chi connectivity index (χ4v) is 4.69. The molecule has 1 aromatic rings. The van der Waals surface area contributed by atoms with E-state index in [0.717, 1.165) is 19.6 Å². The number of aryl methyl sites for hydroxylation is 2. The van der Waals surface area contributed by atoms with E-state index in [1.165, 1.54) is 13.8 Å².